The van der Waals surface area contributed by atoms with Crippen LogP contribution in [0, 0.1) is 0 Å². The molecule has 0 amide bonds. The fraction of sp³-hybridized carbons (Fsp3) is 0.267. The average Bonchev–Trinajstić information content (AvgIpc) is 2.58. The van der Waals surface area contributed by atoms with Gasteiger partial charge in [0.25, 0.3) is 0 Å². The van der Waals surface area contributed by atoms with E-state index < -0.39 is 24.4 Å². The van der Waals surface area contributed by atoms with Crippen molar-refractivity contribution in [2.75, 3.05) is 23.8 Å². The maximum Gasteiger partial charge on any atom is 0.487 e. The Hall–Kier alpha value is -2.89. The molecule has 2 rings (SSSR count). The van der Waals surface area contributed by atoms with Crippen molar-refractivity contribution < 1.29 is 31.4 Å². The molecule has 0 spiro atoms. The summed E-state index contributed by atoms with van der Waals surface area (Å²) in [5.41, 5.74) is -3.53. The quantitative estimate of drug-likeness (QED) is 0.352. The zero-order valence-electron chi connectivity index (χ0n) is 13.9. The number of halogens is 6. The van der Waals surface area contributed by atoms with Gasteiger partial charge in [-0.1, -0.05) is 6.08 Å². The number of hydrogen-bond acceptors (Lipinski definition) is 7. The van der Waals surface area contributed by atoms with Gasteiger partial charge in [0.1, 0.15) is 5.75 Å². The predicted molar refractivity (Wildman–Crippen MR) is 91.2 cm³/mol. The molecule has 1 aromatic carbocycles. The van der Waals surface area contributed by atoms with Crippen LogP contribution < -0.4 is 20.1 Å². The molecule has 13 heteroatoms. The molecule has 0 atom stereocenters. The molecule has 0 bridgehead atoms. The van der Waals surface area contributed by atoms with Crippen LogP contribution in [0.3, 0.4) is 0 Å². The fourth-order valence-electron chi connectivity index (χ4n) is 1.73. The molecule has 28 heavy (non-hydrogen) atoms. The monoisotopic (exact) mass is 425 g/mol. The molecular formula is C15H13ClF5N5O2. The highest BCUT2D eigenvalue weighted by Gasteiger charge is 2.29. The summed E-state index contributed by atoms with van der Waals surface area (Å²) in [4.78, 5) is 11.4. The molecule has 1 aromatic heterocycles. The number of hydrogen-bond donors (Lipinski definition) is 2. The van der Waals surface area contributed by atoms with Crippen LogP contribution in [0.25, 0.3) is 0 Å². The lowest BCUT2D eigenvalue weighted by atomic mass is 10.3. The average molecular weight is 426 g/mol. The van der Waals surface area contributed by atoms with Crippen LogP contribution in [-0.4, -0.2) is 39.8 Å². The van der Waals surface area contributed by atoms with Gasteiger partial charge < -0.3 is 20.1 Å². The van der Waals surface area contributed by atoms with Gasteiger partial charge in [0.2, 0.25) is 11.9 Å². The van der Waals surface area contributed by atoms with Crippen LogP contribution in [0.15, 0.2) is 36.9 Å². The number of benzene rings is 1. The number of nitrogens with zero attached hydrogens (tertiary/aromatic N) is 3. The Kier molecular flexibility index (Phi) is 6.78. The lowest BCUT2D eigenvalue weighted by Crippen LogP contribution is -2.21. The molecule has 0 aliphatic heterocycles. The SMILES string of the molecule is C=CCNc1nc(Nc2ccc(OC(F)(F)Cl)cc2)nc(OCC(F)(F)F)n1. The van der Waals surface area contributed by atoms with Gasteiger partial charge >= 0.3 is 17.8 Å². The predicted octanol–water partition coefficient (Wildman–Crippen LogP) is 4.32. The van der Waals surface area contributed by atoms with Gasteiger partial charge in [0.05, 0.1) is 0 Å². The van der Waals surface area contributed by atoms with Gasteiger partial charge in [-0.05, 0) is 24.3 Å². The first-order chi connectivity index (χ1) is 13.0. The van der Waals surface area contributed by atoms with Crippen LogP contribution in [0.5, 0.6) is 11.8 Å². The number of anilines is 3. The number of nitrogens with one attached hydrogen (secondary N) is 2. The van der Waals surface area contributed by atoms with E-state index in [-0.39, 0.29) is 24.2 Å². The standard InChI is InChI=1S/C15H13ClF5N5O2/c1-2-7-22-11-24-12(26-13(25-11)27-8-14(17,18)19)23-9-3-5-10(6-4-9)28-15(16,20)21/h2-6H,1,7-8H2,(H2,22,23,24,25,26). The van der Waals surface area contributed by atoms with E-state index in [9.17, 15) is 22.0 Å². The molecule has 2 N–H and O–H groups in total. The van der Waals surface area contributed by atoms with Crippen molar-refractivity contribution in [3.63, 3.8) is 0 Å². The summed E-state index contributed by atoms with van der Waals surface area (Å²) in [7, 11) is 0. The third-order valence-electron chi connectivity index (χ3n) is 2.73. The van der Waals surface area contributed by atoms with E-state index >= 15 is 0 Å². The molecule has 152 valence electrons. The zero-order valence-corrected chi connectivity index (χ0v) is 14.7. The van der Waals surface area contributed by atoms with Crippen molar-refractivity contribution in [1.29, 1.82) is 0 Å². The van der Waals surface area contributed by atoms with Crippen LogP contribution in [0.1, 0.15) is 0 Å². The minimum atomic E-state index is -4.57. The first-order valence-corrected chi connectivity index (χ1v) is 7.85. The molecule has 0 saturated heterocycles. The van der Waals surface area contributed by atoms with E-state index in [4.69, 9.17) is 0 Å². The smallest absolute Gasteiger partial charge is 0.454 e. The number of rotatable bonds is 9. The Morgan fingerprint density at radius 2 is 1.68 bits per heavy atom. The fourth-order valence-corrected chi connectivity index (χ4v) is 1.82. The molecule has 0 unspecified atom stereocenters. The van der Waals surface area contributed by atoms with Crippen LogP contribution in [0.2, 0.25) is 0 Å². The Balaban J connectivity index is 2.17. The summed E-state index contributed by atoms with van der Waals surface area (Å²) >= 11 is 4.67. The van der Waals surface area contributed by atoms with Crippen LogP contribution >= 0.6 is 11.6 Å². The summed E-state index contributed by atoms with van der Waals surface area (Å²) in [5.74, 6) is -0.407. The summed E-state index contributed by atoms with van der Waals surface area (Å²) in [6, 6.07) is 4.50. The summed E-state index contributed by atoms with van der Waals surface area (Å²) in [5, 5.41) is 5.38. The Morgan fingerprint density at radius 3 is 2.25 bits per heavy atom. The van der Waals surface area contributed by atoms with Crippen LogP contribution in [0.4, 0.5) is 39.5 Å². The maximum absolute atomic E-state index is 12.6. The number of aromatic nitrogens is 3. The van der Waals surface area contributed by atoms with E-state index in [1.807, 2.05) is 0 Å². The highest BCUT2D eigenvalue weighted by molar-refractivity contribution is 6.20. The first kappa shape index (κ1) is 21.4. The minimum absolute atomic E-state index is 0.0590. The molecule has 0 saturated carbocycles. The first-order valence-electron chi connectivity index (χ1n) is 7.47. The molecule has 7 nitrogen and oxygen atoms in total. The van der Waals surface area contributed by atoms with Crippen molar-refractivity contribution in [3.05, 3.63) is 36.9 Å². The third-order valence-corrected chi connectivity index (χ3v) is 2.81. The summed E-state index contributed by atoms with van der Waals surface area (Å²) in [6.07, 6.45) is -3.09. The number of alkyl halides is 6. The van der Waals surface area contributed by atoms with Crippen molar-refractivity contribution in [2.45, 2.75) is 11.7 Å². The van der Waals surface area contributed by atoms with Gasteiger partial charge in [0, 0.05) is 23.8 Å². The largest absolute Gasteiger partial charge is 0.487 e. The normalized spacial score (nSPS) is 11.6. The third kappa shape index (κ3) is 7.78. The molecular weight excluding hydrogens is 413 g/mol. The Morgan fingerprint density at radius 1 is 1.04 bits per heavy atom. The van der Waals surface area contributed by atoms with E-state index in [0.29, 0.717) is 5.69 Å². The van der Waals surface area contributed by atoms with Crippen LogP contribution in [-0.2, 0) is 0 Å². The van der Waals surface area contributed by atoms with E-state index in [2.05, 4.69) is 53.2 Å². The van der Waals surface area contributed by atoms with Gasteiger partial charge in [0.15, 0.2) is 6.61 Å². The van der Waals surface area contributed by atoms with Crippen molar-refractivity contribution in [1.82, 2.24) is 15.0 Å². The summed E-state index contributed by atoms with van der Waals surface area (Å²) in [6.45, 7) is 2.14. The molecule has 0 aliphatic rings. The molecule has 2 aromatic rings. The van der Waals surface area contributed by atoms with E-state index in [0.717, 1.165) is 0 Å². The van der Waals surface area contributed by atoms with Crippen molar-refractivity contribution in [3.8, 4) is 11.8 Å². The van der Waals surface area contributed by atoms with E-state index in [1.54, 1.807) is 0 Å². The maximum atomic E-state index is 12.6. The lowest BCUT2D eigenvalue weighted by Gasteiger charge is -2.12. The molecule has 1 heterocycles. The second kappa shape index (κ2) is 8.87. The summed E-state index contributed by atoms with van der Waals surface area (Å²) < 4.78 is 70.9. The highest BCUT2D eigenvalue weighted by Crippen LogP contribution is 2.27. The van der Waals surface area contributed by atoms with Gasteiger partial charge in [-0.25, -0.2) is 0 Å². The second-order valence-electron chi connectivity index (χ2n) is 5.04. The van der Waals surface area contributed by atoms with Crippen molar-refractivity contribution >= 4 is 29.2 Å². The lowest BCUT2D eigenvalue weighted by molar-refractivity contribution is -0.154. The second-order valence-corrected chi connectivity index (χ2v) is 5.48. The van der Waals surface area contributed by atoms with Gasteiger partial charge in [-0.2, -0.15) is 28.1 Å². The van der Waals surface area contributed by atoms with Gasteiger partial charge in [-0.3, -0.25) is 0 Å². The van der Waals surface area contributed by atoms with Gasteiger partial charge in [-0.15, -0.1) is 15.4 Å². The molecule has 0 radical (unpaired) electrons. The highest BCUT2D eigenvalue weighted by atomic mass is 35.5. The Labute approximate surface area is 160 Å². The van der Waals surface area contributed by atoms with E-state index in [1.165, 1.54) is 30.3 Å². The number of ether oxygens (including phenoxy) is 2. The minimum Gasteiger partial charge on any atom is -0.454 e. The molecule has 0 fully saturated rings. The zero-order chi connectivity index (χ0) is 20.8. The topological polar surface area (TPSA) is 81.2 Å². The molecule has 0 aliphatic carbocycles. The van der Waals surface area contributed by atoms with Crippen molar-refractivity contribution in [2.24, 2.45) is 0 Å². The Bertz CT molecular complexity index is 799.